The van der Waals surface area contributed by atoms with Crippen LogP contribution in [-0.4, -0.2) is 45.0 Å². The molecule has 9 heteroatoms. The predicted molar refractivity (Wildman–Crippen MR) is 107 cm³/mol. The zero-order valence-corrected chi connectivity index (χ0v) is 17.0. The Hall–Kier alpha value is -2.33. The van der Waals surface area contributed by atoms with Gasteiger partial charge in [0.1, 0.15) is 17.3 Å². The summed E-state index contributed by atoms with van der Waals surface area (Å²) in [5.74, 6) is -1.62. The average molecular weight is 435 g/mol. The van der Waals surface area contributed by atoms with E-state index in [9.17, 15) is 17.6 Å². The van der Waals surface area contributed by atoms with Gasteiger partial charge in [-0.2, -0.15) is 4.31 Å². The van der Waals surface area contributed by atoms with E-state index in [1.807, 2.05) is 29.6 Å². The molecule has 2 heterocycles. The SMILES string of the molecule is O=C(OCc1csc2ccccc12)c1ccc(F)c(S(=O)(=O)N2CCOCC2)c1. The molecule has 3 aromatic rings. The van der Waals surface area contributed by atoms with Crippen molar-refractivity contribution in [3.8, 4) is 0 Å². The van der Waals surface area contributed by atoms with Crippen LogP contribution in [0.25, 0.3) is 10.1 Å². The molecule has 1 aromatic heterocycles. The molecule has 29 heavy (non-hydrogen) atoms. The second kappa shape index (κ2) is 8.19. The highest BCUT2D eigenvalue weighted by molar-refractivity contribution is 7.89. The van der Waals surface area contributed by atoms with Gasteiger partial charge >= 0.3 is 5.97 Å². The molecule has 6 nitrogen and oxygen atoms in total. The Morgan fingerprint density at radius 2 is 1.93 bits per heavy atom. The van der Waals surface area contributed by atoms with Crippen LogP contribution in [0.4, 0.5) is 4.39 Å². The van der Waals surface area contributed by atoms with Crippen LogP contribution in [0.1, 0.15) is 15.9 Å². The zero-order valence-electron chi connectivity index (χ0n) is 15.3. The molecule has 1 aliphatic heterocycles. The van der Waals surface area contributed by atoms with Crippen LogP contribution in [0.2, 0.25) is 0 Å². The minimum Gasteiger partial charge on any atom is -0.457 e. The van der Waals surface area contributed by atoms with Gasteiger partial charge in [-0.3, -0.25) is 0 Å². The lowest BCUT2D eigenvalue weighted by Crippen LogP contribution is -2.41. The van der Waals surface area contributed by atoms with E-state index in [-0.39, 0.29) is 38.5 Å². The van der Waals surface area contributed by atoms with E-state index < -0.39 is 26.7 Å². The van der Waals surface area contributed by atoms with E-state index in [1.165, 1.54) is 6.07 Å². The number of sulfonamides is 1. The van der Waals surface area contributed by atoms with Gasteiger partial charge in [-0.25, -0.2) is 17.6 Å². The normalized spacial score (nSPS) is 15.5. The first-order valence-corrected chi connectivity index (χ1v) is 11.3. The van der Waals surface area contributed by atoms with E-state index in [0.29, 0.717) is 0 Å². The summed E-state index contributed by atoms with van der Waals surface area (Å²) < 4.78 is 52.5. The molecule has 0 saturated carbocycles. The maximum atomic E-state index is 14.3. The van der Waals surface area contributed by atoms with Crippen molar-refractivity contribution in [3.63, 3.8) is 0 Å². The number of carbonyl (C=O) groups excluding carboxylic acids is 1. The van der Waals surface area contributed by atoms with Gasteiger partial charge in [-0.05, 0) is 35.0 Å². The lowest BCUT2D eigenvalue weighted by Gasteiger charge is -2.26. The molecule has 0 N–H and O–H groups in total. The summed E-state index contributed by atoms with van der Waals surface area (Å²) in [6.45, 7) is 0.823. The fourth-order valence-corrected chi connectivity index (χ4v) is 5.57. The topological polar surface area (TPSA) is 72.9 Å². The molecule has 1 saturated heterocycles. The van der Waals surface area contributed by atoms with Gasteiger partial charge in [0.2, 0.25) is 10.0 Å². The molecule has 152 valence electrons. The summed E-state index contributed by atoms with van der Waals surface area (Å²) in [6.07, 6.45) is 0. The summed E-state index contributed by atoms with van der Waals surface area (Å²) >= 11 is 1.55. The number of hydrogen-bond acceptors (Lipinski definition) is 6. The molecule has 1 fully saturated rings. The molecule has 0 unspecified atom stereocenters. The highest BCUT2D eigenvalue weighted by atomic mass is 32.2. The van der Waals surface area contributed by atoms with Crippen LogP contribution in [0.5, 0.6) is 0 Å². The van der Waals surface area contributed by atoms with E-state index in [2.05, 4.69) is 0 Å². The summed E-state index contributed by atoms with van der Waals surface area (Å²) in [5, 5.41) is 2.91. The standard InChI is InChI=1S/C20H18FNO5S2/c21-17-6-5-14(11-19(17)29(24,25)22-7-9-26-10-8-22)20(23)27-12-15-13-28-18-4-2-1-3-16(15)18/h1-6,11,13H,7-10,12H2. The molecule has 0 aliphatic carbocycles. The Labute approximate surface area is 171 Å². The number of morpholine rings is 1. The van der Waals surface area contributed by atoms with Crippen LogP contribution in [-0.2, 0) is 26.1 Å². The molecular formula is C20H18FNO5S2. The van der Waals surface area contributed by atoms with Crippen LogP contribution in [0, 0.1) is 5.82 Å². The number of rotatable bonds is 5. The van der Waals surface area contributed by atoms with Crippen LogP contribution >= 0.6 is 11.3 Å². The number of nitrogens with zero attached hydrogens (tertiary/aromatic N) is 1. The van der Waals surface area contributed by atoms with E-state index in [0.717, 1.165) is 32.1 Å². The van der Waals surface area contributed by atoms with Gasteiger partial charge in [0.05, 0.1) is 18.8 Å². The van der Waals surface area contributed by atoms with Crippen LogP contribution in [0.3, 0.4) is 0 Å². The Morgan fingerprint density at radius 1 is 1.17 bits per heavy atom. The Morgan fingerprint density at radius 3 is 2.72 bits per heavy atom. The molecular weight excluding hydrogens is 417 g/mol. The molecule has 2 aromatic carbocycles. The average Bonchev–Trinajstić information content (AvgIpc) is 3.16. The minimum atomic E-state index is -4.06. The number of thiophene rings is 1. The van der Waals surface area contributed by atoms with Crippen molar-refractivity contribution >= 4 is 37.4 Å². The van der Waals surface area contributed by atoms with Gasteiger partial charge in [0.15, 0.2) is 0 Å². The first-order valence-electron chi connectivity index (χ1n) is 8.96. The Bertz CT molecular complexity index is 1150. The summed E-state index contributed by atoms with van der Waals surface area (Å²) in [7, 11) is -4.06. The van der Waals surface area contributed by atoms with E-state index in [4.69, 9.17) is 9.47 Å². The minimum absolute atomic E-state index is 0.0160. The lowest BCUT2D eigenvalue weighted by atomic mass is 10.2. The zero-order chi connectivity index (χ0) is 20.4. The third-order valence-corrected chi connectivity index (χ3v) is 7.60. The maximum Gasteiger partial charge on any atom is 0.338 e. The van der Waals surface area contributed by atoms with E-state index in [1.54, 1.807) is 11.3 Å². The predicted octanol–water partition coefficient (Wildman–Crippen LogP) is 3.42. The third kappa shape index (κ3) is 4.04. The summed E-state index contributed by atoms with van der Waals surface area (Å²) in [4.78, 5) is 11.9. The molecule has 0 atom stereocenters. The number of hydrogen-bond donors (Lipinski definition) is 0. The van der Waals surface area contributed by atoms with Gasteiger partial charge in [0, 0.05) is 23.4 Å². The maximum absolute atomic E-state index is 14.3. The van der Waals surface area contributed by atoms with Gasteiger partial charge in [0.25, 0.3) is 0 Å². The summed E-state index contributed by atoms with van der Waals surface area (Å²) in [6, 6.07) is 11.0. The quantitative estimate of drug-likeness (QED) is 0.574. The van der Waals surface area contributed by atoms with E-state index >= 15 is 0 Å². The van der Waals surface area contributed by atoms with Crippen LogP contribution < -0.4 is 0 Å². The Balaban J connectivity index is 1.54. The highest BCUT2D eigenvalue weighted by Gasteiger charge is 2.30. The monoisotopic (exact) mass is 435 g/mol. The first-order chi connectivity index (χ1) is 14.0. The van der Waals surface area contributed by atoms with Gasteiger partial charge < -0.3 is 9.47 Å². The van der Waals surface area contributed by atoms with Crippen molar-refractivity contribution in [2.24, 2.45) is 0 Å². The second-order valence-corrected chi connectivity index (χ2v) is 9.31. The number of esters is 1. The molecule has 0 amide bonds. The molecule has 4 rings (SSSR count). The molecule has 0 spiro atoms. The third-order valence-electron chi connectivity index (χ3n) is 4.67. The largest absolute Gasteiger partial charge is 0.457 e. The van der Waals surface area contributed by atoms with Crippen molar-refractivity contribution in [1.82, 2.24) is 4.31 Å². The number of carbonyl (C=O) groups is 1. The highest BCUT2D eigenvalue weighted by Crippen LogP contribution is 2.27. The van der Waals surface area contributed by atoms with Gasteiger partial charge in [-0.15, -0.1) is 11.3 Å². The smallest absolute Gasteiger partial charge is 0.338 e. The van der Waals surface area contributed by atoms with Crippen molar-refractivity contribution in [1.29, 1.82) is 0 Å². The Kier molecular flexibility index (Phi) is 5.64. The van der Waals surface area contributed by atoms with Crippen LogP contribution in [0.15, 0.2) is 52.7 Å². The lowest BCUT2D eigenvalue weighted by molar-refractivity contribution is 0.0474. The van der Waals surface area contributed by atoms with Crippen molar-refractivity contribution in [3.05, 3.63) is 64.8 Å². The first kappa shape index (κ1) is 20.0. The van der Waals surface area contributed by atoms with Crippen molar-refractivity contribution in [2.45, 2.75) is 11.5 Å². The summed E-state index contributed by atoms with van der Waals surface area (Å²) in [5.41, 5.74) is 0.847. The second-order valence-electron chi connectivity index (χ2n) is 6.49. The van der Waals surface area contributed by atoms with Gasteiger partial charge in [-0.1, -0.05) is 18.2 Å². The molecule has 0 bridgehead atoms. The fourth-order valence-electron chi connectivity index (χ4n) is 3.13. The van der Waals surface area contributed by atoms with Crippen molar-refractivity contribution < 1.29 is 27.1 Å². The number of halogens is 1. The number of fused-ring (bicyclic) bond motifs is 1. The number of ether oxygens (including phenoxy) is 2. The molecule has 1 aliphatic rings. The fraction of sp³-hybridized carbons (Fsp3) is 0.250. The number of benzene rings is 2. The molecule has 0 radical (unpaired) electrons. The van der Waals surface area contributed by atoms with Crippen molar-refractivity contribution in [2.75, 3.05) is 26.3 Å².